The largest absolute Gasteiger partial charge is 0.338 e. The van der Waals surface area contributed by atoms with Gasteiger partial charge in [-0.2, -0.15) is 0 Å². The first-order valence-electron chi connectivity index (χ1n) is 9.44. The molecule has 1 amide bonds. The van der Waals surface area contributed by atoms with E-state index in [1.807, 2.05) is 24.3 Å². The lowest BCUT2D eigenvalue weighted by Crippen LogP contribution is -2.10. The number of imidazole rings is 1. The quantitative estimate of drug-likeness (QED) is 0.533. The topological polar surface area (TPSA) is 57.8 Å². The van der Waals surface area contributed by atoms with Gasteiger partial charge in [-0.1, -0.05) is 26.2 Å². The number of carbonyl (C=O) groups is 1. The number of rotatable bonds is 7. The number of nitrogens with one attached hydrogen (secondary N) is 2. The Morgan fingerprint density at radius 1 is 1.04 bits per heavy atom. The molecule has 4 nitrogen and oxygen atoms in total. The maximum atomic E-state index is 12.0. The fourth-order valence-corrected chi connectivity index (χ4v) is 3.05. The van der Waals surface area contributed by atoms with Crippen LogP contribution in [0.5, 0.6) is 0 Å². The number of aryl methyl sites for hydroxylation is 2. The van der Waals surface area contributed by atoms with Crippen molar-refractivity contribution in [2.24, 2.45) is 0 Å². The predicted molar refractivity (Wildman–Crippen MR) is 108 cm³/mol. The third-order valence-corrected chi connectivity index (χ3v) is 4.80. The molecule has 0 saturated heterocycles. The summed E-state index contributed by atoms with van der Waals surface area (Å²) in [6, 6.07) is 12.1. The molecule has 0 fully saturated rings. The Hall–Kier alpha value is -2.62. The first kappa shape index (κ1) is 18.2. The molecule has 0 unspecified atom stereocenters. The van der Waals surface area contributed by atoms with Crippen LogP contribution in [0.4, 0.5) is 5.69 Å². The van der Waals surface area contributed by atoms with Crippen LogP contribution < -0.4 is 5.32 Å². The highest BCUT2D eigenvalue weighted by Crippen LogP contribution is 2.24. The summed E-state index contributed by atoms with van der Waals surface area (Å²) in [7, 11) is 0. The zero-order chi connectivity index (χ0) is 18.5. The van der Waals surface area contributed by atoms with Crippen LogP contribution in [0.1, 0.15) is 50.2 Å². The molecule has 0 saturated carbocycles. The Labute approximate surface area is 155 Å². The number of nitrogens with zero attached hydrogens (tertiary/aromatic N) is 1. The molecular formula is C22H27N3O. The van der Waals surface area contributed by atoms with Gasteiger partial charge in [-0.25, -0.2) is 4.98 Å². The summed E-state index contributed by atoms with van der Waals surface area (Å²) >= 11 is 0. The maximum Gasteiger partial charge on any atom is 0.224 e. The Balaban J connectivity index is 1.67. The van der Waals surface area contributed by atoms with Crippen molar-refractivity contribution in [3.8, 4) is 11.4 Å². The summed E-state index contributed by atoms with van der Waals surface area (Å²) < 4.78 is 0. The Bertz CT molecular complexity index is 855. The fraction of sp³-hybridized carbons (Fsp3) is 0.364. The van der Waals surface area contributed by atoms with Gasteiger partial charge in [0.2, 0.25) is 5.91 Å². The summed E-state index contributed by atoms with van der Waals surface area (Å²) in [6.45, 7) is 6.38. The van der Waals surface area contributed by atoms with Crippen LogP contribution in [-0.4, -0.2) is 15.9 Å². The summed E-state index contributed by atoms with van der Waals surface area (Å²) in [5.74, 6) is 0.936. The van der Waals surface area contributed by atoms with Crippen molar-refractivity contribution in [3.63, 3.8) is 0 Å². The standard InChI is InChI=1S/C22H27N3O/c1-4-5-6-7-8-21(26)23-18-11-9-17(10-12-18)22-24-19-13-15(2)16(3)14-20(19)25-22/h9-14H,4-8H2,1-3H3,(H,23,26)(H,24,25). The first-order chi connectivity index (χ1) is 12.6. The van der Waals surface area contributed by atoms with E-state index in [4.69, 9.17) is 4.98 Å². The highest BCUT2D eigenvalue weighted by atomic mass is 16.1. The molecule has 0 atom stereocenters. The Morgan fingerprint density at radius 3 is 2.50 bits per heavy atom. The molecule has 0 aliphatic carbocycles. The smallest absolute Gasteiger partial charge is 0.224 e. The van der Waals surface area contributed by atoms with E-state index in [9.17, 15) is 4.79 Å². The molecule has 3 rings (SSSR count). The number of hydrogen-bond donors (Lipinski definition) is 2. The molecular weight excluding hydrogens is 322 g/mol. The number of aromatic amines is 1. The average molecular weight is 349 g/mol. The highest BCUT2D eigenvalue weighted by Gasteiger charge is 2.08. The van der Waals surface area contributed by atoms with E-state index in [1.54, 1.807) is 0 Å². The second-order valence-electron chi connectivity index (χ2n) is 6.98. The van der Waals surface area contributed by atoms with Gasteiger partial charge in [0.1, 0.15) is 5.82 Å². The number of fused-ring (bicyclic) bond motifs is 1. The van der Waals surface area contributed by atoms with Crippen LogP contribution in [0.25, 0.3) is 22.4 Å². The second-order valence-corrected chi connectivity index (χ2v) is 6.98. The predicted octanol–water partition coefficient (Wildman–Crippen LogP) is 5.76. The summed E-state index contributed by atoms with van der Waals surface area (Å²) in [4.78, 5) is 20.1. The minimum absolute atomic E-state index is 0.0866. The van der Waals surface area contributed by atoms with Crippen LogP contribution in [0, 0.1) is 13.8 Å². The first-order valence-corrected chi connectivity index (χ1v) is 9.44. The van der Waals surface area contributed by atoms with Crippen molar-refractivity contribution in [1.82, 2.24) is 9.97 Å². The number of H-pyrrole nitrogens is 1. The van der Waals surface area contributed by atoms with E-state index < -0.39 is 0 Å². The van der Waals surface area contributed by atoms with E-state index in [2.05, 4.69) is 43.2 Å². The van der Waals surface area contributed by atoms with Crippen molar-refractivity contribution in [1.29, 1.82) is 0 Å². The molecule has 136 valence electrons. The molecule has 0 radical (unpaired) electrons. The Morgan fingerprint density at radius 2 is 1.77 bits per heavy atom. The van der Waals surface area contributed by atoms with E-state index in [0.717, 1.165) is 41.0 Å². The van der Waals surface area contributed by atoms with Gasteiger partial charge < -0.3 is 10.3 Å². The zero-order valence-electron chi connectivity index (χ0n) is 15.9. The van der Waals surface area contributed by atoms with Crippen LogP contribution in [-0.2, 0) is 4.79 Å². The summed E-state index contributed by atoms with van der Waals surface area (Å²) in [6.07, 6.45) is 5.04. The Kier molecular flexibility index (Phi) is 5.71. The lowest BCUT2D eigenvalue weighted by Gasteiger charge is -2.06. The van der Waals surface area contributed by atoms with Crippen LogP contribution >= 0.6 is 0 Å². The second kappa shape index (κ2) is 8.17. The maximum absolute atomic E-state index is 12.0. The lowest BCUT2D eigenvalue weighted by molar-refractivity contribution is -0.116. The van der Waals surface area contributed by atoms with Gasteiger partial charge in [-0.05, 0) is 67.8 Å². The van der Waals surface area contributed by atoms with E-state index in [1.165, 1.54) is 24.0 Å². The van der Waals surface area contributed by atoms with Crippen molar-refractivity contribution in [3.05, 3.63) is 47.5 Å². The van der Waals surface area contributed by atoms with Crippen molar-refractivity contribution in [2.75, 3.05) is 5.32 Å². The van der Waals surface area contributed by atoms with Gasteiger partial charge in [-0.15, -0.1) is 0 Å². The van der Waals surface area contributed by atoms with Crippen molar-refractivity contribution < 1.29 is 4.79 Å². The lowest BCUT2D eigenvalue weighted by atomic mass is 10.1. The molecule has 2 N–H and O–H groups in total. The van der Waals surface area contributed by atoms with E-state index in [-0.39, 0.29) is 5.91 Å². The average Bonchev–Trinajstić information content (AvgIpc) is 3.02. The third kappa shape index (κ3) is 4.31. The molecule has 26 heavy (non-hydrogen) atoms. The molecule has 0 bridgehead atoms. The van der Waals surface area contributed by atoms with Gasteiger partial charge in [0.15, 0.2) is 0 Å². The number of benzene rings is 2. The third-order valence-electron chi connectivity index (χ3n) is 4.80. The number of amides is 1. The SMILES string of the molecule is CCCCCCC(=O)Nc1ccc(-c2nc3cc(C)c(C)cc3[nH]2)cc1. The molecule has 4 heteroatoms. The zero-order valence-corrected chi connectivity index (χ0v) is 15.9. The van der Waals surface area contributed by atoms with Gasteiger partial charge >= 0.3 is 0 Å². The normalized spacial score (nSPS) is 11.0. The van der Waals surface area contributed by atoms with Crippen LogP contribution in [0.3, 0.4) is 0 Å². The molecule has 0 aliphatic rings. The van der Waals surface area contributed by atoms with Gasteiger partial charge in [0.05, 0.1) is 11.0 Å². The highest BCUT2D eigenvalue weighted by molar-refractivity contribution is 5.91. The summed E-state index contributed by atoms with van der Waals surface area (Å²) in [5, 5.41) is 2.97. The summed E-state index contributed by atoms with van der Waals surface area (Å²) in [5.41, 5.74) is 6.37. The monoisotopic (exact) mass is 349 g/mol. The molecule has 1 aromatic heterocycles. The number of anilines is 1. The van der Waals surface area contributed by atoms with Crippen LogP contribution in [0.15, 0.2) is 36.4 Å². The number of carbonyl (C=O) groups excluding carboxylic acids is 1. The number of hydrogen-bond acceptors (Lipinski definition) is 2. The molecule has 2 aromatic carbocycles. The van der Waals surface area contributed by atoms with Gasteiger partial charge in [-0.3, -0.25) is 4.79 Å². The molecule has 0 spiro atoms. The van der Waals surface area contributed by atoms with Crippen LogP contribution in [0.2, 0.25) is 0 Å². The molecule has 1 heterocycles. The number of unbranched alkanes of at least 4 members (excludes halogenated alkanes) is 3. The molecule has 3 aromatic rings. The van der Waals surface area contributed by atoms with Gasteiger partial charge in [0, 0.05) is 17.7 Å². The van der Waals surface area contributed by atoms with Gasteiger partial charge in [0.25, 0.3) is 0 Å². The molecule has 0 aliphatic heterocycles. The van der Waals surface area contributed by atoms with E-state index >= 15 is 0 Å². The number of aromatic nitrogens is 2. The van der Waals surface area contributed by atoms with Crippen molar-refractivity contribution >= 4 is 22.6 Å². The minimum atomic E-state index is 0.0866. The van der Waals surface area contributed by atoms with E-state index in [0.29, 0.717) is 6.42 Å². The fourth-order valence-electron chi connectivity index (χ4n) is 3.05. The minimum Gasteiger partial charge on any atom is -0.338 e. The van der Waals surface area contributed by atoms with Crippen molar-refractivity contribution in [2.45, 2.75) is 52.9 Å².